The minimum atomic E-state index is -0.736. The lowest BCUT2D eigenvalue weighted by Gasteiger charge is -2.33. The molecule has 0 atom stereocenters. The molecule has 0 radical (unpaired) electrons. The Hall–Kier alpha value is -2.04. The lowest BCUT2D eigenvalue weighted by atomic mass is 9.96. The highest BCUT2D eigenvalue weighted by molar-refractivity contribution is 5.85. The van der Waals surface area contributed by atoms with Gasteiger partial charge in [-0.1, -0.05) is 12.1 Å². The van der Waals surface area contributed by atoms with Gasteiger partial charge in [-0.3, -0.25) is 9.59 Å². The van der Waals surface area contributed by atoms with E-state index >= 15 is 0 Å². The molecule has 0 spiro atoms. The van der Waals surface area contributed by atoms with Gasteiger partial charge in [-0.05, 0) is 30.5 Å². The summed E-state index contributed by atoms with van der Waals surface area (Å²) in [5, 5.41) is 9.28. The number of nitrogens with zero attached hydrogens (tertiary/aromatic N) is 2. The average molecular weight is 274 g/mol. The Balaban J connectivity index is 1.77. The molecule has 1 aromatic rings. The van der Waals surface area contributed by atoms with Crippen molar-refractivity contribution in [3.05, 3.63) is 29.8 Å². The van der Waals surface area contributed by atoms with Crippen LogP contribution < -0.4 is 4.90 Å². The number of hydrogen-bond acceptors (Lipinski definition) is 3. The monoisotopic (exact) mass is 274 g/mol. The largest absolute Gasteiger partial charge is 0.481 e. The number of carbonyl (C=O) groups excluding carboxylic acids is 1. The normalized spacial score (nSPS) is 20.9. The maximum atomic E-state index is 11.7. The highest BCUT2D eigenvalue weighted by atomic mass is 16.4. The van der Waals surface area contributed by atoms with E-state index in [4.69, 9.17) is 0 Å². The van der Waals surface area contributed by atoms with E-state index in [1.807, 2.05) is 36.2 Å². The van der Waals surface area contributed by atoms with Gasteiger partial charge in [0, 0.05) is 25.8 Å². The number of aliphatic carboxylic acids is 1. The smallest absolute Gasteiger partial charge is 0.314 e. The number of anilines is 1. The van der Waals surface area contributed by atoms with Crippen molar-refractivity contribution in [3.63, 3.8) is 0 Å². The van der Waals surface area contributed by atoms with E-state index in [1.54, 1.807) is 4.90 Å². The van der Waals surface area contributed by atoms with Crippen molar-refractivity contribution in [1.29, 1.82) is 0 Å². The molecule has 1 saturated carbocycles. The summed E-state index contributed by atoms with van der Waals surface area (Å²) in [6.45, 7) is 1.92. The van der Waals surface area contributed by atoms with Crippen LogP contribution in [0.3, 0.4) is 0 Å². The third kappa shape index (κ3) is 2.03. The van der Waals surface area contributed by atoms with Gasteiger partial charge in [0.15, 0.2) is 0 Å². The lowest BCUT2D eigenvalue weighted by Crippen LogP contribution is -2.48. The fourth-order valence-electron chi connectivity index (χ4n) is 2.72. The van der Waals surface area contributed by atoms with Crippen LogP contribution in [0.4, 0.5) is 5.69 Å². The molecule has 1 amide bonds. The van der Waals surface area contributed by atoms with Crippen molar-refractivity contribution in [2.45, 2.75) is 18.3 Å². The van der Waals surface area contributed by atoms with Crippen LogP contribution in [0.2, 0.25) is 0 Å². The molecular weight excluding hydrogens is 256 g/mol. The molecule has 1 heterocycles. The molecule has 1 N–H and O–H groups in total. The number of carboxylic acids is 1. The fraction of sp³-hybridized carbons (Fsp3) is 0.467. The molecule has 1 aromatic carbocycles. The second-order valence-corrected chi connectivity index (χ2v) is 5.67. The van der Waals surface area contributed by atoms with Crippen molar-refractivity contribution in [2.24, 2.45) is 0 Å². The van der Waals surface area contributed by atoms with Crippen molar-refractivity contribution >= 4 is 17.6 Å². The van der Waals surface area contributed by atoms with Crippen LogP contribution in [0.5, 0.6) is 0 Å². The summed E-state index contributed by atoms with van der Waals surface area (Å²) in [5.41, 5.74) is 1.20. The molecule has 1 saturated heterocycles. The van der Waals surface area contributed by atoms with Gasteiger partial charge in [-0.15, -0.1) is 0 Å². The van der Waals surface area contributed by atoms with Crippen molar-refractivity contribution in [3.8, 4) is 0 Å². The number of likely N-dealkylation sites (N-methyl/N-ethyl adjacent to an activating group) is 1. The molecule has 0 aromatic heterocycles. The summed E-state index contributed by atoms with van der Waals surface area (Å²) in [5.74, 6) is -0.621. The molecule has 2 aliphatic rings. The van der Waals surface area contributed by atoms with E-state index in [2.05, 4.69) is 0 Å². The first-order chi connectivity index (χ1) is 9.53. The third-order valence-corrected chi connectivity index (χ3v) is 4.40. The zero-order valence-electron chi connectivity index (χ0n) is 11.5. The fourth-order valence-corrected chi connectivity index (χ4v) is 2.72. The van der Waals surface area contributed by atoms with E-state index < -0.39 is 11.4 Å². The minimum absolute atomic E-state index is 0.115. The maximum absolute atomic E-state index is 11.7. The van der Waals surface area contributed by atoms with Gasteiger partial charge < -0.3 is 14.9 Å². The quantitative estimate of drug-likeness (QED) is 0.896. The van der Waals surface area contributed by atoms with Crippen molar-refractivity contribution < 1.29 is 14.7 Å². The average Bonchev–Trinajstić information content (AvgIpc) is 3.24. The lowest BCUT2D eigenvalue weighted by molar-refractivity contribution is -0.140. The number of benzene rings is 1. The number of piperazine rings is 1. The van der Waals surface area contributed by atoms with Crippen molar-refractivity contribution in [2.75, 3.05) is 31.6 Å². The van der Waals surface area contributed by atoms with Crippen LogP contribution in [0.25, 0.3) is 0 Å². The van der Waals surface area contributed by atoms with Crippen LogP contribution in [0.15, 0.2) is 24.3 Å². The Bertz CT molecular complexity index is 549. The van der Waals surface area contributed by atoms with Gasteiger partial charge in [0.25, 0.3) is 0 Å². The Morgan fingerprint density at radius 1 is 1.20 bits per heavy atom. The Labute approximate surface area is 117 Å². The first kappa shape index (κ1) is 13.0. The van der Waals surface area contributed by atoms with Gasteiger partial charge in [-0.25, -0.2) is 0 Å². The topological polar surface area (TPSA) is 60.9 Å². The zero-order chi connectivity index (χ0) is 14.3. The highest BCUT2D eigenvalue weighted by Gasteiger charge is 2.51. The Kier molecular flexibility index (Phi) is 2.92. The Morgan fingerprint density at radius 2 is 1.85 bits per heavy atom. The summed E-state index contributed by atoms with van der Waals surface area (Å²) >= 11 is 0. The molecular formula is C15H18N2O3. The van der Waals surface area contributed by atoms with Gasteiger partial charge >= 0.3 is 5.97 Å². The molecule has 20 heavy (non-hydrogen) atoms. The number of hydrogen-bond donors (Lipinski definition) is 1. The van der Waals surface area contributed by atoms with Crippen molar-refractivity contribution in [1.82, 2.24) is 4.90 Å². The number of amides is 1. The summed E-state index contributed by atoms with van der Waals surface area (Å²) in [6.07, 6.45) is 1.43. The number of rotatable bonds is 3. The third-order valence-electron chi connectivity index (χ3n) is 4.40. The first-order valence-electron chi connectivity index (χ1n) is 6.86. The van der Waals surface area contributed by atoms with E-state index in [0.29, 0.717) is 19.4 Å². The molecule has 1 aliphatic carbocycles. The van der Waals surface area contributed by atoms with E-state index in [-0.39, 0.29) is 5.91 Å². The number of carboxylic acid groups (broad SMARTS) is 1. The van der Waals surface area contributed by atoms with Gasteiger partial charge in [0.2, 0.25) is 5.91 Å². The summed E-state index contributed by atoms with van der Waals surface area (Å²) in [6, 6.07) is 7.63. The first-order valence-corrected chi connectivity index (χ1v) is 6.86. The SMILES string of the molecule is CN1CCN(c2ccc(C3(C(=O)O)CC3)cc2)CC1=O. The standard InChI is InChI=1S/C15H18N2O3/c1-16-8-9-17(10-13(16)18)12-4-2-11(3-5-12)15(6-7-15)14(19)20/h2-5H,6-10H2,1H3,(H,19,20). The molecule has 106 valence electrons. The molecule has 5 heteroatoms. The number of carbonyl (C=O) groups is 2. The zero-order valence-corrected chi connectivity index (χ0v) is 11.5. The molecule has 0 unspecified atom stereocenters. The van der Waals surface area contributed by atoms with Crippen LogP contribution in [-0.2, 0) is 15.0 Å². The molecule has 2 fully saturated rings. The second kappa shape index (κ2) is 4.51. The van der Waals surface area contributed by atoms with E-state index in [0.717, 1.165) is 24.3 Å². The van der Waals surface area contributed by atoms with Crippen LogP contribution in [-0.4, -0.2) is 48.6 Å². The van der Waals surface area contributed by atoms with Gasteiger partial charge in [-0.2, -0.15) is 0 Å². The predicted molar refractivity (Wildman–Crippen MR) is 74.8 cm³/mol. The van der Waals surface area contributed by atoms with E-state index in [9.17, 15) is 14.7 Å². The van der Waals surface area contributed by atoms with Crippen LogP contribution in [0, 0.1) is 0 Å². The second-order valence-electron chi connectivity index (χ2n) is 5.67. The summed E-state index contributed by atoms with van der Waals surface area (Å²) in [4.78, 5) is 26.8. The predicted octanol–water partition coefficient (Wildman–Crippen LogP) is 1.08. The van der Waals surface area contributed by atoms with Gasteiger partial charge in [0.05, 0.1) is 12.0 Å². The highest BCUT2D eigenvalue weighted by Crippen LogP contribution is 2.48. The molecule has 3 rings (SSSR count). The minimum Gasteiger partial charge on any atom is -0.481 e. The van der Waals surface area contributed by atoms with Gasteiger partial charge in [0.1, 0.15) is 0 Å². The summed E-state index contributed by atoms with van der Waals surface area (Å²) < 4.78 is 0. The van der Waals surface area contributed by atoms with Crippen LogP contribution >= 0.6 is 0 Å². The van der Waals surface area contributed by atoms with E-state index in [1.165, 1.54) is 0 Å². The summed E-state index contributed by atoms with van der Waals surface area (Å²) in [7, 11) is 1.81. The molecule has 0 bridgehead atoms. The molecule has 1 aliphatic heterocycles. The Morgan fingerprint density at radius 3 is 2.35 bits per heavy atom. The van der Waals surface area contributed by atoms with Crippen LogP contribution in [0.1, 0.15) is 18.4 Å². The molecule has 5 nitrogen and oxygen atoms in total. The maximum Gasteiger partial charge on any atom is 0.314 e.